The van der Waals surface area contributed by atoms with Crippen LogP contribution >= 0.6 is 0 Å². The minimum Gasteiger partial charge on any atom is -0.447 e. The third kappa shape index (κ3) is 2.23. The molecule has 2 aromatic heterocycles. The maximum Gasteiger partial charge on any atom is 0.425 e. The molecule has 0 saturated carbocycles. The third-order valence-corrected chi connectivity index (χ3v) is 4.08. The Morgan fingerprint density at radius 3 is 2.85 bits per heavy atom. The molecular weight excluding hydrogens is 284 g/mol. The zero-order chi connectivity index (χ0) is 14.2. The van der Waals surface area contributed by atoms with Crippen molar-refractivity contribution in [2.45, 2.75) is 0 Å². The number of carbonyl (C=O) groups excluding carboxylic acids is 1. The molecule has 0 spiro atoms. The van der Waals surface area contributed by atoms with Gasteiger partial charge in [0.15, 0.2) is 0 Å². The molecule has 0 radical (unpaired) electrons. The Hall–Kier alpha value is -2.42. The van der Waals surface area contributed by atoms with Crippen molar-refractivity contribution in [2.24, 2.45) is 0 Å². The standard InChI is InChI=1S/C11H10N4O4S/c16-11-15(6-7-19-11)20(17,18)14-10-4-3-8-9(13-10)2-1-5-12-8/h1-5H,6-7H2,(H,13,14). The van der Waals surface area contributed by atoms with E-state index in [9.17, 15) is 13.2 Å². The molecule has 0 aliphatic carbocycles. The van der Waals surface area contributed by atoms with Crippen LogP contribution in [0.25, 0.3) is 11.0 Å². The SMILES string of the molecule is O=C1OCCN1S(=O)(=O)Nc1ccc2ncccc2n1. The van der Waals surface area contributed by atoms with E-state index in [1.807, 2.05) is 0 Å². The first-order valence-electron chi connectivity index (χ1n) is 5.75. The topological polar surface area (TPSA) is 101 Å². The number of pyridine rings is 2. The van der Waals surface area contributed by atoms with Gasteiger partial charge in [0, 0.05) is 6.20 Å². The maximum absolute atomic E-state index is 12.0. The Morgan fingerprint density at radius 2 is 2.10 bits per heavy atom. The second-order valence-electron chi connectivity index (χ2n) is 4.03. The summed E-state index contributed by atoms with van der Waals surface area (Å²) >= 11 is 0. The molecule has 0 unspecified atom stereocenters. The summed E-state index contributed by atoms with van der Waals surface area (Å²) in [6.45, 7) is 0.0398. The van der Waals surface area contributed by atoms with Gasteiger partial charge < -0.3 is 4.74 Å². The Bertz CT molecular complexity index is 777. The molecule has 1 saturated heterocycles. The van der Waals surface area contributed by atoms with Crippen LogP contribution < -0.4 is 4.72 Å². The van der Waals surface area contributed by atoms with Gasteiger partial charge in [-0.3, -0.25) is 4.98 Å². The molecule has 1 N–H and O–H groups in total. The van der Waals surface area contributed by atoms with Gasteiger partial charge in [0.1, 0.15) is 12.4 Å². The van der Waals surface area contributed by atoms with E-state index in [4.69, 9.17) is 0 Å². The van der Waals surface area contributed by atoms with E-state index in [-0.39, 0.29) is 19.0 Å². The van der Waals surface area contributed by atoms with Crippen LogP contribution in [0.1, 0.15) is 0 Å². The first-order chi connectivity index (χ1) is 9.56. The molecule has 1 aliphatic rings. The number of hydrogen-bond donors (Lipinski definition) is 1. The predicted molar refractivity (Wildman–Crippen MR) is 70.1 cm³/mol. The van der Waals surface area contributed by atoms with Crippen molar-refractivity contribution >= 4 is 33.2 Å². The van der Waals surface area contributed by atoms with Gasteiger partial charge in [-0.1, -0.05) is 0 Å². The average molecular weight is 294 g/mol. The first-order valence-corrected chi connectivity index (χ1v) is 7.19. The zero-order valence-electron chi connectivity index (χ0n) is 10.2. The molecule has 1 aliphatic heterocycles. The van der Waals surface area contributed by atoms with E-state index < -0.39 is 16.3 Å². The summed E-state index contributed by atoms with van der Waals surface area (Å²) < 4.78 is 31.5. The number of aromatic nitrogens is 2. The van der Waals surface area contributed by atoms with Crippen LogP contribution in [0.5, 0.6) is 0 Å². The lowest BCUT2D eigenvalue weighted by molar-refractivity contribution is 0.170. The van der Waals surface area contributed by atoms with Gasteiger partial charge in [-0.2, -0.15) is 12.7 Å². The van der Waals surface area contributed by atoms with Crippen molar-refractivity contribution in [3.8, 4) is 0 Å². The molecule has 8 nitrogen and oxygen atoms in total. The number of nitrogens with one attached hydrogen (secondary N) is 1. The molecule has 1 amide bonds. The van der Waals surface area contributed by atoms with Gasteiger partial charge >= 0.3 is 16.3 Å². The molecule has 20 heavy (non-hydrogen) atoms. The summed E-state index contributed by atoms with van der Waals surface area (Å²) in [7, 11) is -4.01. The highest BCUT2D eigenvalue weighted by Gasteiger charge is 2.33. The van der Waals surface area contributed by atoms with Crippen LogP contribution in [-0.2, 0) is 14.9 Å². The van der Waals surface area contributed by atoms with Gasteiger partial charge in [-0.15, -0.1) is 0 Å². The maximum atomic E-state index is 12.0. The second kappa shape index (κ2) is 4.60. The zero-order valence-corrected chi connectivity index (χ0v) is 11.0. The third-order valence-electron chi connectivity index (χ3n) is 2.70. The van der Waals surface area contributed by atoms with E-state index in [0.717, 1.165) is 0 Å². The number of cyclic esters (lactones) is 1. The fraction of sp³-hybridized carbons (Fsp3) is 0.182. The minimum atomic E-state index is -4.01. The number of anilines is 1. The lowest BCUT2D eigenvalue weighted by Crippen LogP contribution is -2.36. The van der Waals surface area contributed by atoms with Crippen molar-refractivity contribution < 1.29 is 17.9 Å². The highest BCUT2D eigenvalue weighted by molar-refractivity contribution is 7.90. The molecular formula is C11H10N4O4S. The molecule has 0 aromatic carbocycles. The van der Waals surface area contributed by atoms with Crippen LogP contribution in [0, 0.1) is 0 Å². The van der Waals surface area contributed by atoms with Crippen molar-refractivity contribution in [1.82, 2.24) is 14.3 Å². The Morgan fingerprint density at radius 1 is 1.25 bits per heavy atom. The van der Waals surface area contributed by atoms with E-state index in [1.54, 1.807) is 24.4 Å². The summed E-state index contributed by atoms with van der Waals surface area (Å²) in [5, 5.41) is 0. The van der Waals surface area contributed by atoms with Crippen LogP contribution in [0.15, 0.2) is 30.5 Å². The van der Waals surface area contributed by atoms with Gasteiger partial charge in [0.2, 0.25) is 0 Å². The first kappa shape index (κ1) is 12.6. The molecule has 1 fully saturated rings. The normalized spacial score (nSPS) is 15.4. The second-order valence-corrected chi connectivity index (χ2v) is 5.63. The molecule has 104 valence electrons. The number of amides is 1. The summed E-state index contributed by atoms with van der Waals surface area (Å²) in [5.74, 6) is 0.116. The number of nitrogens with zero attached hydrogens (tertiary/aromatic N) is 3. The Balaban J connectivity index is 1.90. The van der Waals surface area contributed by atoms with Gasteiger partial charge in [0.25, 0.3) is 0 Å². The van der Waals surface area contributed by atoms with Crippen LogP contribution in [0.3, 0.4) is 0 Å². The molecule has 0 bridgehead atoms. The van der Waals surface area contributed by atoms with Gasteiger partial charge in [-0.05, 0) is 24.3 Å². The molecule has 3 heterocycles. The van der Waals surface area contributed by atoms with Crippen molar-refractivity contribution in [2.75, 3.05) is 17.9 Å². The number of carbonyl (C=O) groups is 1. The Labute approximate surface area is 114 Å². The van der Waals surface area contributed by atoms with Crippen molar-refractivity contribution in [1.29, 1.82) is 0 Å². The molecule has 9 heteroatoms. The molecule has 3 rings (SSSR count). The smallest absolute Gasteiger partial charge is 0.425 e. The van der Waals surface area contributed by atoms with Crippen LogP contribution in [0.4, 0.5) is 10.6 Å². The number of hydrogen-bond acceptors (Lipinski definition) is 6. The summed E-state index contributed by atoms with van der Waals surface area (Å²) in [4.78, 5) is 19.5. The number of fused-ring (bicyclic) bond motifs is 1. The number of ether oxygens (including phenoxy) is 1. The highest BCUT2D eigenvalue weighted by Crippen LogP contribution is 2.16. The van der Waals surface area contributed by atoms with E-state index >= 15 is 0 Å². The monoisotopic (exact) mass is 294 g/mol. The van der Waals surface area contributed by atoms with Crippen LogP contribution in [-0.4, -0.2) is 41.9 Å². The largest absolute Gasteiger partial charge is 0.447 e. The minimum absolute atomic E-state index is 0.0106. The Kier molecular flexibility index (Phi) is 2.90. The van der Waals surface area contributed by atoms with E-state index in [1.165, 1.54) is 6.07 Å². The molecule has 0 atom stereocenters. The van der Waals surface area contributed by atoms with Crippen molar-refractivity contribution in [3.63, 3.8) is 0 Å². The molecule has 2 aromatic rings. The fourth-order valence-corrected chi connectivity index (χ4v) is 2.85. The lowest BCUT2D eigenvalue weighted by Gasteiger charge is -2.14. The average Bonchev–Trinajstić information content (AvgIpc) is 2.85. The number of rotatable bonds is 3. The van der Waals surface area contributed by atoms with E-state index in [2.05, 4.69) is 19.4 Å². The quantitative estimate of drug-likeness (QED) is 0.895. The summed E-state index contributed by atoms with van der Waals surface area (Å²) in [5.41, 5.74) is 1.20. The van der Waals surface area contributed by atoms with Crippen LogP contribution in [0.2, 0.25) is 0 Å². The predicted octanol–water partition coefficient (Wildman–Crippen LogP) is 0.739. The fourth-order valence-electron chi connectivity index (χ4n) is 1.80. The van der Waals surface area contributed by atoms with E-state index in [0.29, 0.717) is 15.3 Å². The summed E-state index contributed by atoms with van der Waals surface area (Å²) in [6.07, 6.45) is 0.730. The summed E-state index contributed by atoms with van der Waals surface area (Å²) in [6, 6.07) is 6.53. The van der Waals surface area contributed by atoms with Crippen molar-refractivity contribution in [3.05, 3.63) is 30.5 Å². The van der Waals surface area contributed by atoms with Gasteiger partial charge in [0.05, 0.1) is 17.6 Å². The highest BCUT2D eigenvalue weighted by atomic mass is 32.2. The van der Waals surface area contributed by atoms with Gasteiger partial charge in [-0.25, -0.2) is 14.5 Å². The lowest BCUT2D eigenvalue weighted by atomic mass is 10.3.